The standard InChI is InChI=1S/C15H15ClFNO/c1-10-2-3-11(6-7-18)15(8-10)19-14-5-4-12(16)9-13(14)17/h2-5,8-9H,6-7,18H2,1H3. The highest BCUT2D eigenvalue weighted by Gasteiger charge is 2.09. The number of aryl methyl sites for hydroxylation is 1. The molecule has 0 aliphatic carbocycles. The molecule has 0 aliphatic heterocycles. The minimum atomic E-state index is -0.479. The summed E-state index contributed by atoms with van der Waals surface area (Å²) in [5.74, 6) is 0.313. The van der Waals surface area contributed by atoms with E-state index in [1.165, 1.54) is 12.1 Å². The summed E-state index contributed by atoms with van der Waals surface area (Å²) in [6.07, 6.45) is 0.685. The number of rotatable bonds is 4. The first-order chi connectivity index (χ1) is 9.10. The summed E-state index contributed by atoms with van der Waals surface area (Å²) in [6, 6.07) is 10.2. The molecule has 2 N–H and O–H groups in total. The fourth-order valence-electron chi connectivity index (χ4n) is 1.80. The second-order valence-electron chi connectivity index (χ2n) is 4.33. The Labute approximate surface area is 117 Å². The Balaban J connectivity index is 2.33. The summed E-state index contributed by atoms with van der Waals surface area (Å²) in [4.78, 5) is 0. The zero-order valence-corrected chi connectivity index (χ0v) is 11.4. The molecule has 0 aromatic heterocycles. The van der Waals surface area contributed by atoms with E-state index in [-0.39, 0.29) is 5.75 Å². The minimum absolute atomic E-state index is 0.160. The van der Waals surface area contributed by atoms with Crippen LogP contribution < -0.4 is 10.5 Å². The van der Waals surface area contributed by atoms with Gasteiger partial charge in [0.25, 0.3) is 0 Å². The highest BCUT2D eigenvalue weighted by atomic mass is 35.5. The number of hydrogen-bond donors (Lipinski definition) is 1. The SMILES string of the molecule is Cc1ccc(CCN)c(Oc2ccc(Cl)cc2F)c1. The molecule has 0 atom stereocenters. The van der Waals surface area contributed by atoms with E-state index < -0.39 is 5.82 Å². The monoisotopic (exact) mass is 279 g/mol. The molecular formula is C15H15ClFNO. The summed E-state index contributed by atoms with van der Waals surface area (Å²) >= 11 is 5.71. The maximum absolute atomic E-state index is 13.7. The molecule has 0 bridgehead atoms. The lowest BCUT2D eigenvalue weighted by atomic mass is 10.1. The zero-order chi connectivity index (χ0) is 13.8. The van der Waals surface area contributed by atoms with E-state index in [0.29, 0.717) is 23.7 Å². The van der Waals surface area contributed by atoms with Gasteiger partial charge in [-0.15, -0.1) is 0 Å². The quantitative estimate of drug-likeness (QED) is 0.915. The van der Waals surface area contributed by atoms with Gasteiger partial charge in [0.2, 0.25) is 0 Å². The van der Waals surface area contributed by atoms with Gasteiger partial charge in [0, 0.05) is 5.02 Å². The van der Waals surface area contributed by atoms with Gasteiger partial charge in [-0.1, -0.05) is 23.7 Å². The second-order valence-corrected chi connectivity index (χ2v) is 4.76. The summed E-state index contributed by atoms with van der Waals surface area (Å²) in [5.41, 5.74) is 7.57. The molecule has 0 radical (unpaired) electrons. The van der Waals surface area contributed by atoms with E-state index in [1.807, 2.05) is 25.1 Å². The smallest absolute Gasteiger partial charge is 0.167 e. The first kappa shape index (κ1) is 13.8. The number of benzene rings is 2. The number of ether oxygens (including phenoxy) is 1. The molecule has 0 aliphatic rings. The Morgan fingerprint density at radius 1 is 1.16 bits per heavy atom. The molecular weight excluding hydrogens is 265 g/mol. The summed E-state index contributed by atoms with van der Waals surface area (Å²) in [5, 5.41) is 0.344. The maximum atomic E-state index is 13.7. The summed E-state index contributed by atoms with van der Waals surface area (Å²) in [7, 11) is 0. The molecule has 4 heteroatoms. The van der Waals surface area contributed by atoms with Crippen LogP contribution in [-0.4, -0.2) is 6.54 Å². The lowest BCUT2D eigenvalue weighted by Crippen LogP contribution is -2.04. The molecule has 2 aromatic carbocycles. The zero-order valence-electron chi connectivity index (χ0n) is 10.6. The van der Waals surface area contributed by atoms with E-state index >= 15 is 0 Å². The van der Waals surface area contributed by atoms with Gasteiger partial charge < -0.3 is 10.5 Å². The Morgan fingerprint density at radius 3 is 2.63 bits per heavy atom. The van der Waals surface area contributed by atoms with Gasteiger partial charge in [0.1, 0.15) is 5.75 Å². The molecule has 2 aromatic rings. The fraction of sp³-hybridized carbons (Fsp3) is 0.200. The Bertz CT molecular complexity index is 586. The van der Waals surface area contributed by atoms with E-state index in [9.17, 15) is 4.39 Å². The summed E-state index contributed by atoms with van der Waals surface area (Å²) < 4.78 is 19.4. The van der Waals surface area contributed by atoms with E-state index in [1.54, 1.807) is 6.07 Å². The highest BCUT2D eigenvalue weighted by molar-refractivity contribution is 6.30. The van der Waals surface area contributed by atoms with Crippen molar-refractivity contribution in [2.24, 2.45) is 5.73 Å². The molecule has 2 nitrogen and oxygen atoms in total. The van der Waals surface area contributed by atoms with E-state index in [4.69, 9.17) is 22.1 Å². The number of nitrogens with two attached hydrogens (primary N) is 1. The molecule has 0 saturated heterocycles. The molecule has 0 unspecified atom stereocenters. The van der Waals surface area contributed by atoms with Crippen LogP contribution >= 0.6 is 11.6 Å². The fourth-order valence-corrected chi connectivity index (χ4v) is 1.95. The summed E-state index contributed by atoms with van der Waals surface area (Å²) in [6.45, 7) is 2.47. The average Bonchev–Trinajstić information content (AvgIpc) is 2.36. The van der Waals surface area contributed by atoms with Crippen molar-refractivity contribution in [3.8, 4) is 11.5 Å². The van der Waals surface area contributed by atoms with Crippen molar-refractivity contribution in [3.05, 3.63) is 58.4 Å². The number of hydrogen-bond acceptors (Lipinski definition) is 2. The van der Waals surface area contributed by atoms with Crippen molar-refractivity contribution in [2.45, 2.75) is 13.3 Å². The van der Waals surface area contributed by atoms with Crippen molar-refractivity contribution >= 4 is 11.6 Å². The van der Waals surface area contributed by atoms with Crippen LogP contribution in [0.15, 0.2) is 36.4 Å². The van der Waals surface area contributed by atoms with Gasteiger partial charge >= 0.3 is 0 Å². The molecule has 2 rings (SSSR count). The van der Waals surface area contributed by atoms with Gasteiger partial charge in [-0.05, 0) is 55.3 Å². The van der Waals surface area contributed by atoms with Gasteiger partial charge in [-0.25, -0.2) is 4.39 Å². The number of halogens is 2. The Hall–Kier alpha value is -1.58. The van der Waals surface area contributed by atoms with Crippen LogP contribution in [0.1, 0.15) is 11.1 Å². The molecule has 100 valence electrons. The van der Waals surface area contributed by atoms with Crippen LogP contribution in [0.25, 0.3) is 0 Å². The Kier molecular flexibility index (Phi) is 4.40. The third-order valence-corrected chi connectivity index (χ3v) is 2.99. The molecule has 0 amide bonds. The first-order valence-corrected chi connectivity index (χ1v) is 6.40. The van der Waals surface area contributed by atoms with Crippen molar-refractivity contribution in [2.75, 3.05) is 6.54 Å². The third-order valence-electron chi connectivity index (χ3n) is 2.75. The van der Waals surface area contributed by atoms with Crippen molar-refractivity contribution in [3.63, 3.8) is 0 Å². The van der Waals surface area contributed by atoms with E-state index in [2.05, 4.69) is 0 Å². The second kappa shape index (κ2) is 6.04. The lowest BCUT2D eigenvalue weighted by molar-refractivity contribution is 0.437. The normalized spacial score (nSPS) is 10.5. The topological polar surface area (TPSA) is 35.2 Å². The lowest BCUT2D eigenvalue weighted by Gasteiger charge is -2.12. The van der Waals surface area contributed by atoms with Crippen LogP contribution in [0.4, 0.5) is 4.39 Å². The van der Waals surface area contributed by atoms with E-state index in [0.717, 1.165) is 11.1 Å². The van der Waals surface area contributed by atoms with Gasteiger partial charge in [-0.3, -0.25) is 0 Å². The molecule has 19 heavy (non-hydrogen) atoms. The van der Waals surface area contributed by atoms with Crippen molar-refractivity contribution in [1.82, 2.24) is 0 Å². The van der Waals surface area contributed by atoms with Gasteiger partial charge in [0.15, 0.2) is 11.6 Å². The highest BCUT2D eigenvalue weighted by Crippen LogP contribution is 2.30. The third kappa shape index (κ3) is 3.46. The minimum Gasteiger partial charge on any atom is -0.454 e. The predicted octanol–water partition coefficient (Wildman–Crippen LogP) is 4.08. The van der Waals surface area contributed by atoms with Crippen LogP contribution in [0, 0.1) is 12.7 Å². The van der Waals surface area contributed by atoms with Crippen LogP contribution in [0.3, 0.4) is 0 Å². The molecule has 0 spiro atoms. The van der Waals surface area contributed by atoms with Crippen LogP contribution in [0.5, 0.6) is 11.5 Å². The average molecular weight is 280 g/mol. The van der Waals surface area contributed by atoms with Crippen LogP contribution in [-0.2, 0) is 6.42 Å². The molecule has 0 fully saturated rings. The van der Waals surface area contributed by atoms with Crippen molar-refractivity contribution < 1.29 is 9.13 Å². The van der Waals surface area contributed by atoms with Gasteiger partial charge in [-0.2, -0.15) is 0 Å². The molecule has 0 saturated carbocycles. The first-order valence-electron chi connectivity index (χ1n) is 6.02. The molecule has 0 heterocycles. The van der Waals surface area contributed by atoms with Gasteiger partial charge in [0.05, 0.1) is 0 Å². The Morgan fingerprint density at radius 2 is 1.95 bits per heavy atom. The van der Waals surface area contributed by atoms with Crippen molar-refractivity contribution in [1.29, 1.82) is 0 Å². The largest absolute Gasteiger partial charge is 0.454 e. The predicted molar refractivity (Wildman–Crippen MR) is 75.4 cm³/mol. The van der Waals surface area contributed by atoms with Crippen LogP contribution in [0.2, 0.25) is 5.02 Å². The maximum Gasteiger partial charge on any atom is 0.167 e.